The molecule has 252 valence electrons. The highest BCUT2D eigenvalue weighted by atomic mass is 16.5. The van der Waals surface area contributed by atoms with Gasteiger partial charge in [0.25, 0.3) is 0 Å². The number of hydrogen-bond donors (Lipinski definition) is 4. The van der Waals surface area contributed by atoms with Crippen LogP contribution in [0, 0.1) is 13.8 Å². The molecule has 0 aliphatic carbocycles. The van der Waals surface area contributed by atoms with Crippen molar-refractivity contribution in [2.75, 3.05) is 14.2 Å². The number of aliphatic hydroxyl groups is 2. The normalized spacial score (nSPS) is 17.1. The smallest absolute Gasteiger partial charge is 0.305 e. The molecule has 0 aromatic carbocycles. The Balaban J connectivity index is 0.00000294. The first kappa shape index (κ1) is 36.9. The van der Waals surface area contributed by atoms with Crippen molar-refractivity contribution in [3.05, 3.63) is 84.1 Å². The van der Waals surface area contributed by atoms with E-state index in [4.69, 9.17) is 14.5 Å². The number of esters is 2. The second-order valence-electron chi connectivity index (χ2n) is 11.3. The summed E-state index contributed by atoms with van der Waals surface area (Å²) in [6.45, 7) is 17.4. The first-order chi connectivity index (χ1) is 22.4. The Morgan fingerprint density at radius 3 is 2.09 bits per heavy atom. The van der Waals surface area contributed by atoms with Crippen LogP contribution >= 0.6 is 0 Å². The molecule has 1 unspecified atom stereocenters. The number of allylic oxidation sites excluding steroid dienone is 5. The second-order valence-corrected chi connectivity index (χ2v) is 11.3. The zero-order valence-electron chi connectivity index (χ0n) is 29.1. The number of hydrogen-bond acceptors (Lipinski definition) is 8. The van der Waals surface area contributed by atoms with Gasteiger partial charge in [-0.1, -0.05) is 20.4 Å². The minimum absolute atomic E-state index is 0.118. The number of aromatic amines is 2. The SMILES string of the molecule is C=c1[nH]/c(=C\c2[nH]c(/C=C3N=C(/C=C4\N=CC(C)=C4CCC(=O)OC)C(CCC(=O)OC)=C\3C)c(C)c2C(C)O)c(C)c1CO.CC. The predicted octanol–water partition coefficient (Wildman–Crippen LogP) is 5.07. The molecule has 0 bridgehead atoms. The van der Waals surface area contributed by atoms with Gasteiger partial charge in [-0.25, -0.2) is 4.99 Å². The fourth-order valence-electron chi connectivity index (χ4n) is 5.77. The van der Waals surface area contributed by atoms with Crippen molar-refractivity contribution < 1.29 is 29.3 Å². The van der Waals surface area contributed by atoms with Gasteiger partial charge in [0.05, 0.1) is 44.0 Å². The van der Waals surface area contributed by atoms with Gasteiger partial charge in [-0.15, -0.1) is 0 Å². The number of nitrogens with zero attached hydrogens (tertiary/aromatic N) is 2. The molecule has 10 nitrogen and oxygen atoms in total. The molecular formula is C37H48N4O6. The van der Waals surface area contributed by atoms with Crippen LogP contribution in [-0.4, -0.2) is 58.3 Å². The summed E-state index contributed by atoms with van der Waals surface area (Å²) in [7, 11) is 2.74. The Morgan fingerprint density at radius 1 is 0.915 bits per heavy atom. The maximum atomic E-state index is 12.1. The summed E-state index contributed by atoms with van der Waals surface area (Å²) in [5.74, 6) is -0.606. The monoisotopic (exact) mass is 644 g/mol. The van der Waals surface area contributed by atoms with Gasteiger partial charge in [0.1, 0.15) is 0 Å². The fraction of sp³-hybridized carbons (Fsp3) is 0.405. The van der Waals surface area contributed by atoms with Crippen LogP contribution in [0.4, 0.5) is 0 Å². The number of ether oxygens (including phenoxy) is 2. The van der Waals surface area contributed by atoms with E-state index in [9.17, 15) is 19.8 Å². The van der Waals surface area contributed by atoms with Crippen LogP contribution in [0.25, 0.3) is 18.7 Å². The standard InChI is InChI=1S/C35H42N4O6.C2H6/c1-18-16-36-30(24(18)9-11-33(42)44-7)15-31-25(10-12-34(43)45-8)19(2)28(38-31)13-29-21(4)35(23(6)41)32(39-29)14-27-20(3)26(17-40)22(5)37-27;1-2/h13-16,23,37,39-41H,5,9-12,17H2,1-4,6-8H3;1-2H3/b27-14-,28-13-,30-15-;. The molecule has 1 atom stereocenters. The number of aliphatic hydroxyl groups excluding tert-OH is 2. The molecule has 0 fully saturated rings. The van der Waals surface area contributed by atoms with Gasteiger partial charge in [-0.3, -0.25) is 14.6 Å². The number of carbonyl (C=O) groups excluding carboxylic acids is 2. The van der Waals surface area contributed by atoms with E-state index in [1.54, 1.807) is 13.1 Å². The van der Waals surface area contributed by atoms with Gasteiger partial charge in [-0.2, -0.15) is 0 Å². The van der Waals surface area contributed by atoms with Crippen molar-refractivity contribution >= 4 is 42.6 Å². The Kier molecular flexibility index (Phi) is 12.8. The van der Waals surface area contributed by atoms with E-state index in [0.717, 1.165) is 67.0 Å². The maximum Gasteiger partial charge on any atom is 0.305 e. The molecular weight excluding hydrogens is 596 g/mol. The van der Waals surface area contributed by atoms with Crippen molar-refractivity contribution in [2.45, 2.75) is 86.9 Å². The topological polar surface area (TPSA) is 149 Å². The summed E-state index contributed by atoms with van der Waals surface area (Å²) < 4.78 is 9.73. The molecule has 0 spiro atoms. The highest BCUT2D eigenvalue weighted by Gasteiger charge is 2.24. The quantitative estimate of drug-likeness (QED) is 0.251. The third-order valence-corrected chi connectivity index (χ3v) is 8.48. The number of aliphatic imine (C=N–C) groups is 2. The van der Waals surface area contributed by atoms with E-state index in [0.29, 0.717) is 29.6 Å². The lowest BCUT2D eigenvalue weighted by molar-refractivity contribution is -0.141. The van der Waals surface area contributed by atoms with Crippen LogP contribution in [0.1, 0.15) is 100 Å². The molecule has 2 aromatic heterocycles. The molecule has 4 heterocycles. The Morgan fingerprint density at radius 2 is 1.53 bits per heavy atom. The molecule has 4 N–H and O–H groups in total. The van der Waals surface area contributed by atoms with Gasteiger partial charge >= 0.3 is 11.9 Å². The van der Waals surface area contributed by atoms with E-state index < -0.39 is 6.10 Å². The zero-order valence-corrected chi connectivity index (χ0v) is 29.1. The van der Waals surface area contributed by atoms with Crippen LogP contribution in [0.2, 0.25) is 0 Å². The number of methoxy groups -OCH3 is 2. The van der Waals surface area contributed by atoms with E-state index in [-0.39, 0.29) is 31.4 Å². The number of H-pyrrole nitrogens is 2. The molecule has 47 heavy (non-hydrogen) atoms. The summed E-state index contributed by atoms with van der Waals surface area (Å²) in [6.07, 6.45) is 8.14. The highest BCUT2D eigenvalue weighted by molar-refractivity contribution is 6.13. The van der Waals surface area contributed by atoms with Gasteiger partial charge < -0.3 is 29.7 Å². The van der Waals surface area contributed by atoms with Gasteiger partial charge in [0.15, 0.2) is 0 Å². The van der Waals surface area contributed by atoms with Crippen LogP contribution < -0.4 is 10.7 Å². The molecule has 10 heteroatoms. The van der Waals surface area contributed by atoms with Crippen LogP contribution in [0.5, 0.6) is 0 Å². The van der Waals surface area contributed by atoms with Crippen molar-refractivity contribution in [3.8, 4) is 0 Å². The average Bonchev–Trinajstić information content (AvgIpc) is 3.73. The average molecular weight is 645 g/mol. The van der Waals surface area contributed by atoms with E-state index >= 15 is 0 Å². The van der Waals surface area contributed by atoms with E-state index in [1.165, 1.54) is 14.2 Å². The second kappa shape index (κ2) is 16.3. The van der Waals surface area contributed by atoms with Crippen molar-refractivity contribution in [2.24, 2.45) is 9.98 Å². The number of aromatic nitrogens is 2. The first-order valence-electron chi connectivity index (χ1n) is 15.9. The molecule has 0 radical (unpaired) electrons. The summed E-state index contributed by atoms with van der Waals surface area (Å²) >= 11 is 0. The van der Waals surface area contributed by atoms with Crippen molar-refractivity contribution in [1.29, 1.82) is 0 Å². The largest absolute Gasteiger partial charge is 0.469 e. The first-order valence-corrected chi connectivity index (χ1v) is 15.9. The molecule has 2 aliphatic heterocycles. The van der Waals surface area contributed by atoms with E-state index in [1.807, 2.05) is 59.8 Å². The Hall–Kier alpha value is -4.54. The number of carbonyl (C=O) groups is 2. The molecule has 2 aromatic rings. The minimum Gasteiger partial charge on any atom is -0.469 e. The lowest BCUT2D eigenvalue weighted by Crippen LogP contribution is -2.10. The third-order valence-electron chi connectivity index (χ3n) is 8.48. The molecule has 0 saturated carbocycles. The summed E-state index contributed by atoms with van der Waals surface area (Å²) in [5.41, 5.74) is 10.6. The highest BCUT2D eigenvalue weighted by Crippen LogP contribution is 2.35. The Labute approximate surface area is 276 Å². The number of nitrogens with one attached hydrogen (secondary N) is 2. The van der Waals surface area contributed by atoms with Gasteiger partial charge in [0.2, 0.25) is 0 Å². The lowest BCUT2D eigenvalue weighted by atomic mass is 9.97. The molecule has 4 rings (SSSR count). The van der Waals surface area contributed by atoms with Crippen LogP contribution in [-0.2, 0) is 25.7 Å². The van der Waals surface area contributed by atoms with Gasteiger partial charge in [-0.05, 0) is 99.1 Å². The Bertz CT molecular complexity index is 1830. The van der Waals surface area contributed by atoms with Crippen molar-refractivity contribution in [1.82, 2.24) is 9.97 Å². The van der Waals surface area contributed by atoms with Gasteiger partial charge in [0, 0.05) is 52.3 Å². The number of rotatable bonds is 11. The molecule has 0 saturated heterocycles. The van der Waals surface area contributed by atoms with Crippen LogP contribution in [0.3, 0.4) is 0 Å². The van der Waals surface area contributed by atoms with E-state index in [2.05, 4.69) is 21.5 Å². The maximum absolute atomic E-state index is 12.1. The fourth-order valence-corrected chi connectivity index (χ4v) is 5.77. The van der Waals surface area contributed by atoms with Crippen LogP contribution in [0.15, 0.2) is 49.7 Å². The predicted molar refractivity (Wildman–Crippen MR) is 187 cm³/mol. The zero-order chi connectivity index (χ0) is 35.0. The molecule has 0 amide bonds. The molecule has 2 aliphatic rings. The minimum atomic E-state index is -0.746. The lowest BCUT2D eigenvalue weighted by Gasteiger charge is -2.08. The third kappa shape index (κ3) is 8.25. The summed E-state index contributed by atoms with van der Waals surface area (Å²) in [5, 5.41) is 21.9. The summed E-state index contributed by atoms with van der Waals surface area (Å²) in [6, 6.07) is 0. The van der Waals surface area contributed by atoms with Crippen molar-refractivity contribution in [3.63, 3.8) is 0 Å². The summed E-state index contributed by atoms with van der Waals surface area (Å²) in [4.78, 5) is 40.2.